The van der Waals surface area contributed by atoms with Gasteiger partial charge >= 0.3 is 0 Å². The fourth-order valence-electron chi connectivity index (χ4n) is 0.831. The van der Waals surface area contributed by atoms with E-state index in [1.54, 1.807) is 17.9 Å². The summed E-state index contributed by atoms with van der Waals surface area (Å²) in [5.74, 6) is 0. The van der Waals surface area contributed by atoms with E-state index in [9.17, 15) is 5.11 Å². The van der Waals surface area contributed by atoms with Crippen molar-refractivity contribution < 1.29 is 5.11 Å². The van der Waals surface area contributed by atoms with Crippen molar-refractivity contribution in [1.82, 2.24) is 9.78 Å². The van der Waals surface area contributed by atoms with Crippen LogP contribution in [-0.4, -0.2) is 21.4 Å². The topological polar surface area (TPSA) is 86.8 Å². The Hall–Kier alpha value is -1.52. The van der Waals surface area contributed by atoms with Crippen LogP contribution in [0.3, 0.4) is 0 Å². The zero-order valence-corrected chi connectivity index (χ0v) is 6.62. The number of aliphatic hydroxyl groups excluding tert-OH is 1. The second kappa shape index (κ2) is 3.75. The molecule has 6 nitrogen and oxygen atoms in total. The molecule has 0 aliphatic rings. The van der Waals surface area contributed by atoms with Gasteiger partial charge in [-0.15, -0.1) is 0 Å². The molecule has 1 aromatic rings. The fraction of sp³-hybridized carbons (Fsp3) is 0.500. The maximum Gasteiger partial charge on any atom is 0.0876 e. The molecule has 0 aliphatic carbocycles. The van der Waals surface area contributed by atoms with E-state index in [-0.39, 0.29) is 6.54 Å². The van der Waals surface area contributed by atoms with Gasteiger partial charge < -0.3 is 5.11 Å². The molecule has 0 aliphatic heterocycles. The van der Waals surface area contributed by atoms with Crippen molar-refractivity contribution in [3.05, 3.63) is 28.4 Å². The molecule has 12 heavy (non-hydrogen) atoms. The summed E-state index contributed by atoms with van der Waals surface area (Å²) in [6.07, 6.45) is 2.46. The van der Waals surface area contributed by atoms with Crippen LogP contribution in [0.4, 0.5) is 0 Å². The first-order valence-electron chi connectivity index (χ1n) is 3.41. The Morgan fingerprint density at radius 2 is 2.67 bits per heavy atom. The summed E-state index contributed by atoms with van der Waals surface area (Å²) >= 11 is 0. The SMILES string of the molecule is Cn1cc(C(O)CN=[N+]=[N-])cn1. The molecule has 1 aromatic heterocycles. The van der Waals surface area contributed by atoms with E-state index in [1.807, 2.05) is 0 Å². The standard InChI is InChI=1S/C6H9N5O/c1-11-4-5(2-9-11)6(12)3-8-10-7/h2,4,6,12H,3H2,1H3. The predicted octanol–water partition coefficient (Wildman–Crippen LogP) is 0.764. The predicted molar refractivity (Wildman–Crippen MR) is 42.2 cm³/mol. The highest BCUT2D eigenvalue weighted by Crippen LogP contribution is 2.10. The fourth-order valence-corrected chi connectivity index (χ4v) is 0.831. The number of hydrogen-bond acceptors (Lipinski definition) is 3. The van der Waals surface area contributed by atoms with E-state index in [0.717, 1.165) is 0 Å². The molecule has 64 valence electrons. The van der Waals surface area contributed by atoms with Crippen LogP contribution in [-0.2, 0) is 7.05 Å². The second-order valence-electron chi connectivity index (χ2n) is 2.38. The Morgan fingerprint density at radius 3 is 3.17 bits per heavy atom. The van der Waals surface area contributed by atoms with Crippen LogP contribution >= 0.6 is 0 Å². The van der Waals surface area contributed by atoms with Gasteiger partial charge in [-0.3, -0.25) is 4.68 Å². The summed E-state index contributed by atoms with van der Waals surface area (Å²) in [5, 5.41) is 16.5. The Kier molecular flexibility index (Phi) is 2.68. The summed E-state index contributed by atoms with van der Waals surface area (Å²) in [7, 11) is 1.75. The van der Waals surface area contributed by atoms with E-state index < -0.39 is 6.10 Å². The van der Waals surface area contributed by atoms with Gasteiger partial charge in [-0.05, 0) is 5.53 Å². The third-order valence-corrected chi connectivity index (χ3v) is 1.43. The molecule has 0 saturated carbocycles. The third kappa shape index (κ3) is 1.98. The molecule has 0 radical (unpaired) electrons. The Morgan fingerprint density at radius 1 is 1.92 bits per heavy atom. The number of rotatable bonds is 3. The van der Waals surface area contributed by atoms with Crippen molar-refractivity contribution in [1.29, 1.82) is 0 Å². The van der Waals surface area contributed by atoms with Gasteiger partial charge in [0.05, 0.1) is 18.8 Å². The summed E-state index contributed by atoms with van der Waals surface area (Å²) < 4.78 is 1.58. The molecule has 0 fully saturated rings. The molecule has 0 saturated heterocycles. The first-order chi connectivity index (χ1) is 5.74. The molecule has 1 N–H and O–H groups in total. The van der Waals surface area contributed by atoms with Crippen molar-refractivity contribution in [2.45, 2.75) is 6.10 Å². The molecule has 6 heteroatoms. The first-order valence-corrected chi connectivity index (χ1v) is 3.41. The summed E-state index contributed by atoms with van der Waals surface area (Å²) in [5.41, 5.74) is 8.65. The van der Waals surface area contributed by atoms with Gasteiger partial charge in [-0.25, -0.2) is 0 Å². The minimum absolute atomic E-state index is 0.0438. The minimum Gasteiger partial charge on any atom is -0.388 e. The smallest absolute Gasteiger partial charge is 0.0876 e. The monoisotopic (exact) mass is 167 g/mol. The lowest BCUT2D eigenvalue weighted by atomic mass is 10.2. The van der Waals surface area contributed by atoms with Gasteiger partial charge in [0.25, 0.3) is 0 Å². The Labute approximate surface area is 69.1 Å². The van der Waals surface area contributed by atoms with Crippen LogP contribution in [0.25, 0.3) is 10.4 Å². The maximum absolute atomic E-state index is 9.35. The van der Waals surface area contributed by atoms with Gasteiger partial charge in [-0.2, -0.15) is 5.10 Å². The molecule has 1 rings (SSSR count). The number of aliphatic hydroxyl groups is 1. The van der Waals surface area contributed by atoms with Gasteiger partial charge in [0.15, 0.2) is 0 Å². The molecular formula is C6H9N5O. The number of aryl methyl sites for hydroxylation is 1. The van der Waals surface area contributed by atoms with Gasteiger partial charge in [0.1, 0.15) is 0 Å². The van der Waals surface area contributed by atoms with E-state index >= 15 is 0 Å². The van der Waals surface area contributed by atoms with Gasteiger partial charge in [0, 0.05) is 23.7 Å². The highest BCUT2D eigenvalue weighted by molar-refractivity contribution is 5.07. The number of azide groups is 1. The molecule has 1 unspecified atom stereocenters. The summed E-state index contributed by atoms with van der Waals surface area (Å²) in [6.45, 7) is 0.0438. The van der Waals surface area contributed by atoms with Crippen LogP contribution in [0.1, 0.15) is 11.7 Å². The molecule has 0 aromatic carbocycles. The van der Waals surface area contributed by atoms with Crippen LogP contribution in [0.5, 0.6) is 0 Å². The van der Waals surface area contributed by atoms with E-state index in [0.29, 0.717) is 5.56 Å². The molecule has 0 spiro atoms. The van der Waals surface area contributed by atoms with Crippen LogP contribution < -0.4 is 0 Å². The van der Waals surface area contributed by atoms with Crippen molar-refractivity contribution in [2.75, 3.05) is 6.54 Å². The van der Waals surface area contributed by atoms with E-state index in [4.69, 9.17) is 5.53 Å². The number of nitrogens with zero attached hydrogens (tertiary/aromatic N) is 5. The van der Waals surface area contributed by atoms with Crippen molar-refractivity contribution in [2.24, 2.45) is 12.2 Å². The number of aromatic nitrogens is 2. The van der Waals surface area contributed by atoms with Gasteiger partial charge in [0.2, 0.25) is 0 Å². The van der Waals surface area contributed by atoms with Crippen molar-refractivity contribution >= 4 is 0 Å². The highest BCUT2D eigenvalue weighted by Gasteiger charge is 2.07. The second-order valence-corrected chi connectivity index (χ2v) is 2.38. The minimum atomic E-state index is -0.755. The lowest BCUT2D eigenvalue weighted by molar-refractivity contribution is 0.186. The maximum atomic E-state index is 9.35. The highest BCUT2D eigenvalue weighted by atomic mass is 16.3. The number of hydrogen-bond donors (Lipinski definition) is 1. The largest absolute Gasteiger partial charge is 0.388 e. The first kappa shape index (κ1) is 8.58. The average Bonchev–Trinajstić information content (AvgIpc) is 2.47. The molecule has 1 heterocycles. The van der Waals surface area contributed by atoms with Crippen LogP contribution in [0, 0.1) is 0 Å². The van der Waals surface area contributed by atoms with Gasteiger partial charge in [-0.1, -0.05) is 5.11 Å². The lowest BCUT2D eigenvalue weighted by Crippen LogP contribution is -1.98. The molecular weight excluding hydrogens is 158 g/mol. The third-order valence-electron chi connectivity index (χ3n) is 1.43. The zero-order chi connectivity index (χ0) is 8.97. The lowest BCUT2D eigenvalue weighted by Gasteiger charge is -2.01. The van der Waals surface area contributed by atoms with Crippen molar-refractivity contribution in [3.63, 3.8) is 0 Å². The quantitative estimate of drug-likeness (QED) is 0.409. The Bertz CT molecular complexity index is 301. The molecule has 0 amide bonds. The molecule has 1 atom stereocenters. The van der Waals surface area contributed by atoms with Crippen molar-refractivity contribution in [3.8, 4) is 0 Å². The van der Waals surface area contributed by atoms with Crippen LogP contribution in [0.15, 0.2) is 17.5 Å². The summed E-state index contributed by atoms with van der Waals surface area (Å²) in [6, 6.07) is 0. The molecule has 0 bridgehead atoms. The average molecular weight is 167 g/mol. The normalized spacial score (nSPS) is 12.2. The Balaban J connectivity index is 2.64. The van der Waals surface area contributed by atoms with E-state index in [2.05, 4.69) is 15.1 Å². The zero-order valence-electron chi connectivity index (χ0n) is 6.62. The van der Waals surface area contributed by atoms with E-state index in [1.165, 1.54) is 6.20 Å². The van der Waals surface area contributed by atoms with Crippen LogP contribution in [0.2, 0.25) is 0 Å². The summed E-state index contributed by atoms with van der Waals surface area (Å²) in [4.78, 5) is 2.55.